The number of piperazine rings is 1. The van der Waals surface area contributed by atoms with Crippen molar-refractivity contribution in [2.45, 2.75) is 27.2 Å². The number of carbonyl (C=O) groups excluding carboxylic acids is 1. The number of rotatable bonds is 6. The van der Waals surface area contributed by atoms with E-state index in [1.165, 1.54) is 6.07 Å². The third-order valence-corrected chi connectivity index (χ3v) is 4.84. The molecule has 2 aromatic rings. The van der Waals surface area contributed by atoms with Crippen molar-refractivity contribution >= 4 is 17.5 Å². The highest BCUT2D eigenvalue weighted by atomic mass is 19.1. The van der Waals surface area contributed by atoms with E-state index in [1.807, 2.05) is 17.9 Å². The Morgan fingerprint density at radius 1 is 1.14 bits per heavy atom. The minimum Gasteiger partial charge on any atom is -0.366 e. The Kier molecular flexibility index (Phi) is 6.44. The molecule has 0 atom stereocenters. The molecule has 1 N–H and O–H groups in total. The third-order valence-electron chi connectivity index (χ3n) is 4.84. The molecule has 150 valence electrons. The van der Waals surface area contributed by atoms with Gasteiger partial charge in [0.05, 0.1) is 5.69 Å². The Morgan fingerprint density at radius 3 is 2.50 bits per heavy atom. The number of para-hydroxylation sites is 1. The standard InChI is InChI=1S/C21H28FN5O/c1-15(2)8-9-23-20(28)18-14-16(3)24-21(25-18)27-12-10-26(11-13-27)19-7-5-4-6-17(19)22/h4-7,14-15H,8-13H2,1-3H3,(H,23,28). The molecule has 3 rings (SSSR count). The number of hydrogen-bond acceptors (Lipinski definition) is 5. The summed E-state index contributed by atoms with van der Waals surface area (Å²) in [5, 5.41) is 2.92. The van der Waals surface area contributed by atoms with E-state index in [1.54, 1.807) is 18.2 Å². The van der Waals surface area contributed by atoms with E-state index in [0.717, 1.165) is 12.1 Å². The van der Waals surface area contributed by atoms with Crippen molar-refractivity contribution in [3.63, 3.8) is 0 Å². The van der Waals surface area contributed by atoms with Gasteiger partial charge in [0.25, 0.3) is 5.91 Å². The van der Waals surface area contributed by atoms with Gasteiger partial charge >= 0.3 is 0 Å². The van der Waals surface area contributed by atoms with Crippen LogP contribution in [0.3, 0.4) is 0 Å². The molecule has 1 amide bonds. The summed E-state index contributed by atoms with van der Waals surface area (Å²) < 4.78 is 14.0. The van der Waals surface area contributed by atoms with Crippen LogP contribution in [0, 0.1) is 18.7 Å². The lowest BCUT2D eigenvalue weighted by molar-refractivity contribution is 0.0946. The fourth-order valence-corrected chi connectivity index (χ4v) is 3.23. The van der Waals surface area contributed by atoms with Crippen LogP contribution in [0.1, 0.15) is 36.5 Å². The highest BCUT2D eigenvalue weighted by Crippen LogP contribution is 2.21. The van der Waals surface area contributed by atoms with E-state index in [2.05, 4.69) is 34.0 Å². The first-order valence-electron chi connectivity index (χ1n) is 9.82. The minimum absolute atomic E-state index is 0.169. The Bertz CT molecular complexity index is 818. The number of hydrogen-bond donors (Lipinski definition) is 1. The van der Waals surface area contributed by atoms with Crippen molar-refractivity contribution in [1.82, 2.24) is 15.3 Å². The van der Waals surface area contributed by atoms with Crippen LogP contribution in [-0.2, 0) is 0 Å². The van der Waals surface area contributed by atoms with Crippen molar-refractivity contribution in [1.29, 1.82) is 0 Å². The third kappa shape index (κ3) is 4.97. The Labute approximate surface area is 165 Å². The van der Waals surface area contributed by atoms with Gasteiger partial charge in [0.1, 0.15) is 11.5 Å². The molecule has 1 aliphatic heterocycles. The summed E-state index contributed by atoms with van der Waals surface area (Å²) in [6, 6.07) is 8.54. The first-order valence-corrected chi connectivity index (χ1v) is 9.82. The second kappa shape index (κ2) is 8.99. The molecule has 2 heterocycles. The van der Waals surface area contributed by atoms with Gasteiger partial charge in [0.2, 0.25) is 5.95 Å². The van der Waals surface area contributed by atoms with Crippen LogP contribution in [-0.4, -0.2) is 48.6 Å². The van der Waals surface area contributed by atoms with Gasteiger partial charge in [-0.05, 0) is 37.5 Å². The quantitative estimate of drug-likeness (QED) is 0.828. The summed E-state index contributed by atoms with van der Waals surface area (Å²) in [5.41, 5.74) is 1.77. The molecule has 0 spiro atoms. The van der Waals surface area contributed by atoms with Gasteiger partial charge < -0.3 is 15.1 Å². The molecule has 7 heteroatoms. The fraction of sp³-hybridized carbons (Fsp3) is 0.476. The van der Waals surface area contributed by atoms with E-state index in [4.69, 9.17) is 0 Å². The van der Waals surface area contributed by atoms with Crippen molar-refractivity contribution in [2.75, 3.05) is 42.5 Å². The molecule has 28 heavy (non-hydrogen) atoms. The molecule has 1 saturated heterocycles. The van der Waals surface area contributed by atoms with Crippen LogP contribution >= 0.6 is 0 Å². The van der Waals surface area contributed by atoms with Crippen LogP contribution < -0.4 is 15.1 Å². The normalized spacial score (nSPS) is 14.5. The lowest BCUT2D eigenvalue weighted by atomic mass is 10.1. The van der Waals surface area contributed by atoms with Gasteiger partial charge in [-0.2, -0.15) is 0 Å². The van der Waals surface area contributed by atoms with Gasteiger partial charge in [0, 0.05) is 38.4 Å². The summed E-state index contributed by atoms with van der Waals surface area (Å²) in [4.78, 5) is 25.5. The fourth-order valence-electron chi connectivity index (χ4n) is 3.23. The SMILES string of the molecule is Cc1cc(C(=O)NCCC(C)C)nc(N2CCN(c3ccccc3F)CC2)n1. The molecular formula is C21H28FN5O. The van der Waals surface area contributed by atoms with Crippen LogP contribution in [0.4, 0.5) is 16.0 Å². The Hall–Kier alpha value is -2.70. The smallest absolute Gasteiger partial charge is 0.270 e. The van der Waals surface area contributed by atoms with Gasteiger partial charge in [-0.3, -0.25) is 4.79 Å². The Balaban J connectivity index is 1.65. The zero-order chi connectivity index (χ0) is 20.1. The highest BCUT2D eigenvalue weighted by Gasteiger charge is 2.22. The summed E-state index contributed by atoms with van der Waals surface area (Å²) in [7, 11) is 0. The topological polar surface area (TPSA) is 61.4 Å². The van der Waals surface area contributed by atoms with Crippen molar-refractivity contribution in [3.05, 3.63) is 47.5 Å². The van der Waals surface area contributed by atoms with Gasteiger partial charge in [-0.25, -0.2) is 14.4 Å². The predicted molar refractivity (Wildman–Crippen MR) is 109 cm³/mol. The van der Waals surface area contributed by atoms with Gasteiger partial charge in [-0.1, -0.05) is 26.0 Å². The molecule has 0 bridgehead atoms. The maximum absolute atomic E-state index is 14.0. The summed E-state index contributed by atoms with van der Waals surface area (Å²) in [6.07, 6.45) is 0.931. The molecule has 1 aromatic heterocycles. The largest absolute Gasteiger partial charge is 0.366 e. The van der Waals surface area contributed by atoms with Crippen molar-refractivity contribution < 1.29 is 9.18 Å². The molecule has 6 nitrogen and oxygen atoms in total. The zero-order valence-electron chi connectivity index (χ0n) is 16.8. The van der Waals surface area contributed by atoms with E-state index < -0.39 is 0 Å². The molecule has 0 aliphatic carbocycles. The molecular weight excluding hydrogens is 357 g/mol. The summed E-state index contributed by atoms with van der Waals surface area (Å²) in [6.45, 7) is 9.45. The number of nitrogens with zero attached hydrogens (tertiary/aromatic N) is 4. The first-order chi connectivity index (χ1) is 13.4. The molecule has 1 fully saturated rings. The second-order valence-electron chi connectivity index (χ2n) is 7.56. The molecule has 0 unspecified atom stereocenters. The van der Waals surface area contributed by atoms with E-state index in [-0.39, 0.29) is 11.7 Å². The Morgan fingerprint density at radius 2 is 1.82 bits per heavy atom. The number of benzene rings is 1. The van der Waals surface area contributed by atoms with Crippen LogP contribution in [0.2, 0.25) is 0 Å². The number of anilines is 2. The zero-order valence-corrected chi connectivity index (χ0v) is 16.8. The second-order valence-corrected chi connectivity index (χ2v) is 7.56. The average molecular weight is 385 g/mol. The molecule has 1 aliphatic rings. The van der Waals surface area contributed by atoms with Crippen LogP contribution in [0.15, 0.2) is 30.3 Å². The van der Waals surface area contributed by atoms with Crippen molar-refractivity contribution in [3.8, 4) is 0 Å². The first kappa shape index (κ1) is 20.0. The molecule has 0 saturated carbocycles. The van der Waals surface area contributed by atoms with Gasteiger partial charge in [0.15, 0.2) is 0 Å². The van der Waals surface area contributed by atoms with E-state index in [0.29, 0.717) is 56.0 Å². The van der Waals surface area contributed by atoms with Crippen LogP contribution in [0.5, 0.6) is 0 Å². The van der Waals surface area contributed by atoms with Gasteiger partial charge in [-0.15, -0.1) is 0 Å². The van der Waals surface area contributed by atoms with E-state index in [9.17, 15) is 9.18 Å². The monoisotopic (exact) mass is 385 g/mol. The minimum atomic E-state index is -0.205. The number of carbonyl (C=O) groups is 1. The number of aryl methyl sites for hydroxylation is 1. The number of halogens is 1. The maximum Gasteiger partial charge on any atom is 0.270 e. The maximum atomic E-state index is 14.0. The molecule has 0 radical (unpaired) electrons. The summed E-state index contributed by atoms with van der Waals surface area (Å²) >= 11 is 0. The summed E-state index contributed by atoms with van der Waals surface area (Å²) in [5.74, 6) is 0.719. The lowest BCUT2D eigenvalue weighted by Crippen LogP contribution is -2.47. The average Bonchev–Trinajstić information content (AvgIpc) is 2.68. The number of aromatic nitrogens is 2. The van der Waals surface area contributed by atoms with Crippen molar-refractivity contribution in [2.24, 2.45) is 5.92 Å². The number of nitrogens with one attached hydrogen (secondary N) is 1. The molecule has 1 aromatic carbocycles. The number of amides is 1. The van der Waals surface area contributed by atoms with E-state index >= 15 is 0 Å². The lowest BCUT2D eigenvalue weighted by Gasteiger charge is -2.36. The predicted octanol–water partition coefficient (Wildman–Crippen LogP) is 3.03. The van der Waals surface area contributed by atoms with Crippen LogP contribution in [0.25, 0.3) is 0 Å². The highest BCUT2D eigenvalue weighted by molar-refractivity contribution is 5.92.